The number of pyridine rings is 1. The minimum absolute atomic E-state index is 0.481. The molecule has 0 radical (unpaired) electrons. The largest absolute Gasteiger partial charge is 0.264 e. The lowest BCUT2D eigenvalue weighted by Gasteiger charge is -2.06. The Morgan fingerprint density at radius 2 is 1.87 bits per heavy atom. The molecular formula is C12H13N3. The first-order valence-electron chi connectivity index (χ1n) is 4.98. The third-order valence-electron chi connectivity index (χ3n) is 2.29. The van der Waals surface area contributed by atoms with Gasteiger partial charge in [0.15, 0.2) is 0 Å². The van der Waals surface area contributed by atoms with Crippen LogP contribution < -0.4 is 0 Å². The van der Waals surface area contributed by atoms with Gasteiger partial charge in [-0.15, -0.1) is 0 Å². The maximum absolute atomic E-state index is 4.25. The summed E-state index contributed by atoms with van der Waals surface area (Å²) in [7, 11) is 0. The normalized spacial score (nSPS) is 10.6. The molecule has 0 aliphatic heterocycles. The number of aromatic nitrogens is 3. The summed E-state index contributed by atoms with van der Waals surface area (Å²) in [5, 5.41) is 0. The fourth-order valence-corrected chi connectivity index (χ4v) is 1.36. The van der Waals surface area contributed by atoms with Crippen LogP contribution in [0, 0.1) is 0 Å². The molecule has 2 heterocycles. The average molecular weight is 199 g/mol. The van der Waals surface area contributed by atoms with Crippen molar-refractivity contribution in [3.63, 3.8) is 0 Å². The predicted octanol–water partition coefficient (Wildman–Crippen LogP) is 2.66. The molecule has 2 aromatic heterocycles. The van der Waals surface area contributed by atoms with Gasteiger partial charge >= 0.3 is 0 Å². The summed E-state index contributed by atoms with van der Waals surface area (Å²) in [5.74, 6) is 0.481. The third-order valence-corrected chi connectivity index (χ3v) is 2.29. The quantitative estimate of drug-likeness (QED) is 0.746. The Morgan fingerprint density at radius 3 is 2.53 bits per heavy atom. The Balaban J connectivity index is 2.42. The molecule has 0 saturated carbocycles. The minimum Gasteiger partial charge on any atom is -0.264 e. The topological polar surface area (TPSA) is 38.7 Å². The Kier molecular flexibility index (Phi) is 2.72. The second-order valence-electron chi connectivity index (χ2n) is 3.75. The first-order valence-corrected chi connectivity index (χ1v) is 4.98. The lowest BCUT2D eigenvalue weighted by Crippen LogP contribution is -1.91. The molecule has 0 unspecified atom stereocenters. The van der Waals surface area contributed by atoms with Crippen LogP contribution in [0.4, 0.5) is 0 Å². The van der Waals surface area contributed by atoms with Gasteiger partial charge in [0.05, 0.1) is 11.9 Å². The second-order valence-corrected chi connectivity index (χ2v) is 3.75. The SMILES string of the molecule is CC(C)c1cncc(-c2cnccn2)c1. The highest BCUT2D eigenvalue weighted by Gasteiger charge is 2.03. The van der Waals surface area contributed by atoms with E-state index in [9.17, 15) is 0 Å². The van der Waals surface area contributed by atoms with E-state index in [-0.39, 0.29) is 0 Å². The number of rotatable bonds is 2. The van der Waals surface area contributed by atoms with Crippen molar-refractivity contribution in [2.75, 3.05) is 0 Å². The molecule has 0 spiro atoms. The third kappa shape index (κ3) is 2.18. The van der Waals surface area contributed by atoms with Crippen molar-refractivity contribution in [3.05, 3.63) is 42.6 Å². The predicted molar refractivity (Wildman–Crippen MR) is 59.4 cm³/mol. The van der Waals surface area contributed by atoms with Gasteiger partial charge in [-0.2, -0.15) is 0 Å². The summed E-state index contributed by atoms with van der Waals surface area (Å²) in [6.07, 6.45) is 8.82. The highest BCUT2D eigenvalue weighted by molar-refractivity contribution is 5.57. The van der Waals surface area contributed by atoms with Crippen molar-refractivity contribution < 1.29 is 0 Å². The van der Waals surface area contributed by atoms with Gasteiger partial charge in [-0.25, -0.2) is 0 Å². The number of nitrogens with zero attached hydrogens (tertiary/aromatic N) is 3. The van der Waals surface area contributed by atoms with Crippen LogP contribution in [0.5, 0.6) is 0 Å². The summed E-state index contributed by atoms with van der Waals surface area (Å²) in [4.78, 5) is 12.5. The van der Waals surface area contributed by atoms with Crippen LogP contribution in [0.25, 0.3) is 11.3 Å². The van der Waals surface area contributed by atoms with E-state index < -0.39 is 0 Å². The van der Waals surface area contributed by atoms with Crippen LogP contribution in [0.2, 0.25) is 0 Å². The maximum Gasteiger partial charge on any atom is 0.0900 e. The smallest absolute Gasteiger partial charge is 0.0900 e. The van der Waals surface area contributed by atoms with E-state index >= 15 is 0 Å². The van der Waals surface area contributed by atoms with Gasteiger partial charge in [0.2, 0.25) is 0 Å². The van der Waals surface area contributed by atoms with E-state index in [2.05, 4.69) is 34.9 Å². The van der Waals surface area contributed by atoms with Crippen LogP contribution in [0.3, 0.4) is 0 Å². The minimum atomic E-state index is 0.481. The molecule has 0 saturated heterocycles. The molecule has 0 bridgehead atoms. The fraction of sp³-hybridized carbons (Fsp3) is 0.250. The van der Waals surface area contributed by atoms with Crippen molar-refractivity contribution in [3.8, 4) is 11.3 Å². The molecule has 15 heavy (non-hydrogen) atoms. The standard InChI is InChI=1S/C12H13N3/c1-9(2)10-5-11(7-14-6-10)12-8-13-3-4-15-12/h3-9H,1-2H3. The van der Waals surface area contributed by atoms with Gasteiger partial charge in [0.1, 0.15) is 0 Å². The molecule has 0 fully saturated rings. The Hall–Kier alpha value is -1.77. The monoisotopic (exact) mass is 199 g/mol. The molecule has 2 rings (SSSR count). The molecule has 76 valence electrons. The lowest BCUT2D eigenvalue weighted by molar-refractivity contribution is 0.858. The maximum atomic E-state index is 4.25. The second kappa shape index (κ2) is 4.17. The van der Waals surface area contributed by atoms with Gasteiger partial charge < -0.3 is 0 Å². The van der Waals surface area contributed by atoms with E-state index in [4.69, 9.17) is 0 Å². The van der Waals surface area contributed by atoms with Gasteiger partial charge in [-0.1, -0.05) is 13.8 Å². The average Bonchev–Trinajstić information content (AvgIpc) is 2.30. The van der Waals surface area contributed by atoms with Crippen LogP contribution in [0.1, 0.15) is 25.3 Å². The molecule has 0 aromatic carbocycles. The molecule has 0 atom stereocenters. The Morgan fingerprint density at radius 1 is 1.00 bits per heavy atom. The molecule has 0 amide bonds. The summed E-state index contributed by atoms with van der Waals surface area (Å²) in [6.45, 7) is 4.30. The van der Waals surface area contributed by atoms with Gasteiger partial charge in [-0.3, -0.25) is 15.0 Å². The van der Waals surface area contributed by atoms with Crippen molar-refractivity contribution in [2.45, 2.75) is 19.8 Å². The Bertz CT molecular complexity index is 438. The first kappa shape index (κ1) is 9.77. The van der Waals surface area contributed by atoms with Crippen molar-refractivity contribution >= 4 is 0 Å². The zero-order valence-electron chi connectivity index (χ0n) is 8.88. The van der Waals surface area contributed by atoms with E-state index in [0.29, 0.717) is 5.92 Å². The lowest BCUT2D eigenvalue weighted by atomic mass is 10.0. The molecule has 0 N–H and O–H groups in total. The van der Waals surface area contributed by atoms with E-state index in [0.717, 1.165) is 11.3 Å². The summed E-state index contributed by atoms with van der Waals surface area (Å²) >= 11 is 0. The van der Waals surface area contributed by atoms with Crippen molar-refractivity contribution in [1.82, 2.24) is 15.0 Å². The molecule has 3 nitrogen and oxygen atoms in total. The summed E-state index contributed by atoms with van der Waals surface area (Å²) in [5.41, 5.74) is 3.11. The van der Waals surface area contributed by atoms with Gasteiger partial charge in [0.25, 0.3) is 0 Å². The van der Waals surface area contributed by atoms with Crippen LogP contribution in [-0.4, -0.2) is 15.0 Å². The van der Waals surface area contributed by atoms with Crippen LogP contribution in [-0.2, 0) is 0 Å². The number of hydrogen-bond donors (Lipinski definition) is 0. The van der Waals surface area contributed by atoms with E-state index in [1.807, 2.05) is 12.4 Å². The summed E-state index contributed by atoms with van der Waals surface area (Å²) in [6, 6.07) is 2.11. The van der Waals surface area contributed by atoms with E-state index in [1.165, 1.54) is 5.56 Å². The highest BCUT2D eigenvalue weighted by atomic mass is 14.8. The van der Waals surface area contributed by atoms with Crippen molar-refractivity contribution in [1.29, 1.82) is 0 Å². The highest BCUT2D eigenvalue weighted by Crippen LogP contribution is 2.20. The van der Waals surface area contributed by atoms with E-state index in [1.54, 1.807) is 18.6 Å². The zero-order valence-corrected chi connectivity index (χ0v) is 8.88. The van der Waals surface area contributed by atoms with Crippen LogP contribution >= 0.6 is 0 Å². The van der Waals surface area contributed by atoms with Gasteiger partial charge in [0, 0.05) is 30.4 Å². The number of hydrogen-bond acceptors (Lipinski definition) is 3. The van der Waals surface area contributed by atoms with Crippen molar-refractivity contribution in [2.24, 2.45) is 0 Å². The molecular weight excluding hydrogens is 186 g/mol. The van der Waals surface area contributed by atoms with Gasteiger partial charge in [-0.05, 0) is 17.5 Å². The first-order chi connectivity index (χ1) is 7.27. The Labute approximate surface area is 89.2 Å². The molecule has 0 aliphatic carbocycles. The molecule has 3 heteroatoms. The van der Waals surface area contributed by atoms with Crippen LogP contribution in [0.15, 0.2) is 37.1 Å². The zero-order chi connectivity index (χ0) is 10.7. The molecule has 2 aromatic rings. The summed E-state index contributed by atoms with van der Waals surface area (Å²) < 4.78 is 0. The fourth-order valence-electron chi connectivity index (χ4n) is 1.36. The molecule has 0 aliphatic rings.